The third-order valence-electron chi connectivity index (χ3n) is 7.33. The molecule has 4 nitrogen and oxygen atoms in total. The first-order valence-corrected chi connectivity index (χ1v) is 8.50. The van der Waals surface area contributed by atoms with Gasteiger partial charge in [0.25, 0.3) is 0 Å². The summed E-state index contributed by atoms with van der Waals surface area (Å²) in [6.45, 7) is 1.67. The summed E-state index contributed by atoms with van der Waals surface area (Å²) in [6, 6.07) is 0. The molecule has 0 aromatic heterocycles. The van der Waals surface area contributed by atoms with Crippen LogP contribution in [0.1, 0.15) is 6.92 Å². The molecular formula is C14H12Cl4O4. The van der Waals surface area contributed by atoms with Gasteiger partial charge in [0.05, 0.1) is 23.2 Å². The van der Waals surface area contributed by atoms with Crippen LogP contribution in [0.4, 0.5) is 0 Å². The van der Waals surface area contributed by atoms with Gasteiger partial charge in [0.15, 0.2) is 0 Å². The van der Waals surface area contributed by atoms with Crippen molar-refractivity contribution in [3.05, 3.63) is 0 Å². The molecule has 0 unspecified atom stereocenters. The largest absolute Gasteiger partial charge is 0.350 e. The van der Waals surface area contributed by atoms with Crippen LogP contribution in [0.5, 0.6) is 0 Å². The Bertz CT molecular complexity index is 709. The molecule has 0 amide bonds. The Hall–Kier alpha value is 0.420. The minimum Gasteiger partial charge on any atom is -0.350 e. The van der Waals surface area contributed by atoms with E-state index in [1.807, 2.05) is 0 Å². The lowest BCUT2D eigenvalue weighted by Gasteiger charge is -2.63. The molecule has 8 atom stereocenters. The highest BCUT2D eigenvalue weighted by Gasteiger charge is 3.15. The van der Waals surface area contributed by atoms with E-state index in [0.717, 1.165) is 0 Å². The fourth-order valence-electron chi connectivity index (χ4n) is 6.90. The van der Waals surface area contributed by atoms with Crippen LogP contribution in [0.2, 0.25) is 0 Å². The number of alkyl halides is 4. The molecule has 0 heterocycles. The molecule has 8 heteroatoms. The summed E-state index contributed by atoms with van der Waals surface area (Å²) in [5, 5.41) is 0. The van der Waals surface area contributed by atoms with Crippen molar-refractivity contribution in [2.45, 2.75) is 32.2 Å². The zero-order valence-corrected chi connectivity index (χ0v) is 14.9. The van der Waals surface area contributed by atoms with Crippen molar-refractivity contribution in [3.63, 3.8) is 0 Å². The van der Waals surface area contributed by atoms with Gasteiger partial charge in [-0.1, -0.05) is 6.92 Å². The third kappa shape index (κ3) is 0.680. The van der Waals surface area contributed by atoms with Crippen molar-refractivity contribution in [1.29, 1.82) is 0 Å². The Kier molecular flexibility index (Phi) is 2.10. The van der Waals surface area contributed by atoms with Gasteiger partial charge in [-0.05, 0) is 0 Å². The van der Waals surface area contributed by atoms with Crippen molar-refractivity contribution in [2.75, 3.05) is 14.2 Å². The number of methoxy groups -OCH3 is 2. The van der Waals surface area contributed by atoms with E-state index in [1.165, 1.54) is 14.2 Å². The van der Waals surface area contributed by atoms with Crippen molar-refractivity contribution in [3.8, 4) is 0 Å². The molecular weight excluding hydrogens is 374 g/mol. The summed E-state index contributed by atoms with van der Waals surface area (Å²) < 4.78 is 11.3. The lowest BCUT2D eigenvalue weighted by molar-refractivity contribution is -0.224. The second-order valence-corrected chi connectivity index (χ2v) is 9.53. The van der Waals surface area contributed by atoms with Gasteiger partial charge in [-0.2, -0.15) is 0 Å². The summed E-state index contributed by atoms with van der Waals surface area (Å²) in [5.74, 6) is -4.32. The Balaban J connectivity index is 2.01. The van der Waals surface area contributed by atoms with Crippen LogP contribution in [-0.4, -0.2) is 51.1 Å². The molecule has 22 heavy (non-hydrogen) atoms. The van der Waals surface area contributed by atoms with E-state index in [-0.39, 0.29) is 11.6 Å². The van der Waals surface area contributed by atoms with E-state index in [0.29, 0.717) is 0 Å². The Morgan fingerprint density at radius 2 is 1.45 bits per heavy atom. The van der Waals surface area contributed by atoms with Crippen LogP contribution >= 0.6 is 46.4 Å². The second-order valence-electron chi connectivity index (χ2n) is 7.18. The Labute approximate surface area is 146 Å². The number of fused-ring (bicyclic) bond motifs is 2. The lowest BCUT2D eigenvalue weighted by atomic mass is 9.48. The first kappa shape index (κ1) is 14.7. The number of hydrogen-bond acceptors (Lipinski definition) is 4. The zero-order chi connectivity index (χ0) is 16.3. The average molecular weight is 386 g/mol. The fourth-order valence-corrected chi connectivity index (χ4v) is 10.3. The number of ketones is 2. The normalized spacial score (nSPS) is 68.2. The molecule has 0 N–H and O–H groups in total. The highest BCUT2D eigenvalue weighted by molar-refractivity contribution is 6.57. The molecule has 0 spiro atoms. The molecule has 5 fully saturated rings. The van der Waals surface area contributed by atoms with Gasteiger partial charge < -0.3 is 9.47 Å². The minimum atomic E-state index is -1.60. The maximum atomic E-state index is 13.0. The molecule has 0 aromatic carbocycles. The van der Waals surface area contributed by atoms with E-state index >= 15 is 0 Å². The van der Waals surface area contributed by atoms with Gasteiger partial charge in [-0.3, -0.25) is 9.59 Å². The monoisotopic (exact) mass is 384 g/mol. The number of carbonyl (C=O) groups is 2. The maximum absolute atomic E-state index is 13.0. The van der Waals surface area contributed by atoms with E-state index < -0.39 is 48.5 Å². The Morgan fingerprint density at radius 3 is 1.95 bits per heavy atom. The predicted molar refractivity (Wildman–Crippen MR) is 79.7 cm³/mol. The summed E-state index contributed by atoms with van der Waals surface area (Å²) in [7, 11) is 2.78. The minimum absolute atomic E-state index is 0.146. The second kappa shape index (κ2) is 3.13. The van der Waals surface area contributed by atoms with Crippen LogP contribution in [0.25, 0.3) is 0 Å². The quantitative estimate of drug-likeness (QED) is 0.538. The van der Waals surface area contributed by atoms with Crippen LogP contribution < -0.4 is 0 Å². The molecule has 120 valence electrons. The fraction of sp³-hybridized carbons (Fsp3) is 0.857. The molecule has 2 bridgehead atoms. The van der Waals surface area contributed by atoms with Crippen LogP contribution in [0, 0.1) is 23.2 Å². The smallest absolute Gasteiger partial charge is 0.211 e. The summed E-state index contributed by atoms with van der Waals surface area (Å²) in [6.07, 6.45) is 0. The maximum Gasteiger partial charge on any atom is 0.211 e. The van der Waals surface area contributed by atoms with E-state index in [9.17, 15) is 9.59 Å². The van der Waals surface area contributed by atoms with Crippen LogP contribution in [-0.2, 0) is 19.1 Å². The van der Waals surface area contributed by atoms with E-state index in [1.54, 1.807) is 6.92 Å². The molecule has 5 saturated carbocycles. The van der Waals surface area contributed by atoms with Gasteiger partial charge in [0.1, 0.15) is 31.1 Å². The first-order chi connectivity index (χ1) is 10.1. The highest BCUT2D eigenvalue weighted by atomic mass is 35.5. The number of carbonyl (C=O) groups excluding carboxylic acids is 2. The third-order valence-corrected chi connectivity index (χ3v) is 11.0. The van der Waals surface area contributed by atoms with Gasteiger partial charge in [-0.15, -0.1) is 46.4 Å². The predicted octanol–water partition coefficient (Wildman–Crippen LogP) is 1.95. The zero-order valence-electron chi connectivity index (χ0n) is 11.9. The average Bonchev–Trinajstić information content (AvgIpc) is 2.77. The molecule has 5 aliphatic rings. The van der Waals surface area contributed by atoms with Gasteiger partial charge >= 0.3 is 0 Å². The molecule has 5 aliphatic carbocycles. The molecule has 0 aromatic rings. The van der Waals surface area contributed by atoms with Gasteiger partial charge in [0.2, 0.25) is 5.79 Å². The van der Waals surface area contributed by atoms with E-state index in [2.05, 4.69) is 0 Å². The van der Waals surface area contributed by atoms with Gasteiger partial charge in [0, 0.05) is 14.2 Å². The van der Waals surface area contributed by atoms with Crippen molar-refractivity contribution in [1.82, 2.24) is 0 Å². The summed E-state index contributed by atoms with van der Waals surface area (Å²) in [5.41, 5.74) is -1.13. The van der Waals surface area contributed by atoms with E-state index in [4.69, 9.17) is 55.9 Å². The lowest BCUT2D eigenvalue weighted by Crippen LogP contribution is -2.78. The van der Waals surface area contributed by atoms with Gasteiger partial charge in [-0.25, -0.2) is 0 Å². The standard InChI is InChI=1S/C14H12Cl4O4/c1-9-7-6(19)4-5(8(9)20)11(16)13(9,18)12(7,17)10(4,15)14(11,21-2)22-3/h4-5,7H,1-3H3/t4-,5+,7-,9-,10+,11-,12-,13+/m1/s1. The van der Waals surface area contributed by atoms with Crippen LogP contribution in [0.3, 0.4) is 0 Å². The molecule has 0 radical (unpaired) electrons. The number of halogens is 4. The number of hydrogen-bond donors (Lipinski definition) is 0. The van der Waals surface area contributed by atoms with Crippen LogP contribution in [0.15, 0.2) is 0 Å². The van der Waals surface area contributed by atoms with Crippen molar-refractivity contribution < 1.29 is 19.1 Å². The highest BCUT2D eigenvalue weighted by Crippen LogP contribution is 2.98. The Morgan fingerprint density at radius 1 is 0.909 bits per heavy atom. The number of rotatable bonds is 2. The molecule has 0 saturated heterocycles. The molecule has 0 aliphatic heterocycles. The summed E-state index contributed by atoms with van der Waals surface area (Å²) >= 11 is 27.8. The SMILES string of the molecule is COC1(OC)[C@]2(Cl)[C@H]3C(=O)[C@H]4[C@]2(Cl)[C@]2(Cl)[C@@]4(C)C(=O)[C@H]3[C@]12Cl. The summed E-state index contributed by atoms with van der Waals surface area (Å²) in [4.78, 5) is 20.3. The first-order valence-electron chi connectivity index (χ1n) is 6.99. The topological polar surface area (TPSA) is 52.6 Å². The number of ether oxygens (including phenoxy) is 2. The van der Waals surface area contributed by atoms with Crippen molar-refractivity contribution >= 4 is 58.0 Å². The molecule has 5 rings (SSSR count). The van der Waals surface area contributed by atoms with Crippen molar-refractivity contribution in [2.24, 2.45) is 23.2 Å². The number of Topliss-reactive ketones (excluding diaryl/α,β-unsaturated/α-hetero) is 2.